The molecule has 1 amide bonds. The number of aromatic nitrogens is 2. The number of carbonyl (C=O) groups excluding carboxylic acids is 1. The lowest BCUT2D eigenvalue weighted by molar-refractivity contribution is -0.150. The highest BCUT2D eigenvalue weighted by molar-refractivity contribution is 5.88. The van der Waals surface area contributed by atoms with E-state index < -0.39 is 11.5 Å². The summed E-state index contributed by atoms with van der Waals surface area (Å²) in [5.74, 6) is -0.659. The molecule has 0 radical (unpaired) electrons. The average molecular weight is 305 g/mol. The Balaban J connectivity index is 1.69. The van der Waals surface area contributed by atoms with Crippen LogP contribution in [0.1, 0.15) is 44.7 Å². The maximum absolute atomic E-state index is 12.6. The topological polar surface area (TPSA) is 84.2 Å². The Morgan fingerprint density at radius 2 is 2.09 bits per heavy atom. The summed E-state index contributed by atoms with van der Waals surface area (Å²) in [6.07, 6.45) is 7.89. The summed E-state index contributed by atoms with van der Waals surface area (Å²) in [5, 5.41) is 12.5. The molecule has 3 rings (SSSR count). The number of hydrogen-bond acceptors (Lipinski definition) is 3. The van der Waals surface area contributed by atoms with E-state index >= 15 is 0 Å². The Kier molecular flexibility index (Phi) is 3.93. The molecule has 6 heteroatoms. The van der Waals surface area contributed by atoms with Gasteiger partial charge >= 0.3 is 5.97 Å². The summed E-state index contributed by atoms with van der Waals surface area (Å²) in [6, 6.07) is 0. The lowest BCUT2D eigenvalue weighted by Gasteiger charge is -2.37. The van der Waals surface area contributed by atoms with Crippen molar-refractivity contribution < 1.29 is 14.7 Å². The molecule has 22 heavy (non-hydrogen) atoms. The summed E-state index contributed by atoms with van der Waals surface area (Å²) >= 11 is 0. The minimum atomic E-state index is -1.07. The molecule has 1 aliphatic heterocycles. The van der Waals surface area contributed by atoms with E-state index in [0.717, 1.165) is 31.4 Å². The van der Waals surface area contributed by atoms with Gasteiger partial charge in [-0.05, 0) is 44.4 Å². The van der Waals surface area contributed by atoms with E-state index in [0.29, 0.717) is 25.3 Å². The Morgan fingerprint density at radius 3 is 2.77 bits per heavy atom. The van der Waals surface area contributed by atoms with Crippen molar-refractivity contribution >= 4 is 11.9 Å². The van der Waals surface area contributed by atoms with Gasteiger partial charge in [0.2, 0.25) is 5.91 Å². The molecule has 6 nitrogen and oxygen atoms in total. The monoisotopic (exact) mass is 305 g/mol. The Bertz CT molecular complexity index is 573. The van der Waals surface area contributed by atoms with Crippen LogP contribution in [0.25, 0.3) is 0 Å². The number of nitrogens with zero attached hydrogens (tertiary/aromatic N) is 2. The predicted molar refractivity (Wildman–Crippen MR) is 80.2 cm³/mol. The Morgan fingerprint density at radius 1 is 1.36 bits per heavy atom. The number of amides is 1. The largest absolute Gasteiger partial charge is 0.480 e. The van der Waals surface area contributed by atoms with Gasteiger partial charge in [-0.3, -0.25) is 4.79 Å². The van der Waals surface area contributed by atoms with E-state index in [2.05, 4.69) is 17.2 Å². The number of rotatable bonds is 3. The molecule has 1 fully saturated rings. The molecule has 1 unspecified atom stereocenters. The van der Waals surface area contributed by atoms with Crippen LogP contribution < -0.4 is 5.32 Å². The summed E-state index contributed by atoms with van der Waals surface area (Å²) in [7, 11) is 0. The highest BCUT2D eigenvalue weighted by atomic mass is 16.4. The fourth-order valence-electron chi connectivity index (χ4n) is 3.57. The molecular formula is C16H23N3O3. The fourth-order valence-corrected chi connectivity index (χ4v) is 3.57. The number of carboxylic acid groups (broad SMARTS) is 1. The number of carboxylic acids is 1. The molecule has 1 aromatic heterocycles. The van der Waals surface area contributed by atoms with Crippen LogP contribution in [0.4, 0.5) is 0 Å². The highest BCUT2D eigenvalue weighted by Gasteiger charge is 2.43. The molecule has 1 aliphatic carbocycles. The normalized spacial score (nSPS) is 31.3. The number of nitrogens with one attached hydrogen (secondary N) is 1. The smallest absolute Gasteiger partial charge is 0.329 e. The molecule has 1 aromatic rings. The zero-order valence-corrected chi connectivity index (χ0v) is 12.9. The van der Waals surface area contributed by atoms with Gasteiger partial charge in [0.1, 0.15) is 5.54 Å². The fraction of sp³-hybridized carbons (Fsp3) is 0.688. The van der Waals surface area contributed by atoms with Crippen LogP contribution >= 0.6 is 0 Å². The Labute approximate surface area is 129 Å². The van der Waals surface area contributed by atoms with E-state index in [1.165, 1.54) is 0 Å². The first kappa shape index (κ1) is 15.1. The first-order valence-corrected chi connectivity index (χ1v) is 8.04. The number of fused-ring (bicyclic) bond motifs is 1. The van der Waals surface area contributed by atoms with Crippen molar-refractivity contribution in [1.29, 1.82) is 0 Å². The predicted octanol–water partition coefficient (Wildman–Crippen LogP) is 1.60. The van der Waals surface area contributed by atoms with Crippen LogP contribution in [0.3, 0.4) is 0 Å². The Hall–Kier alpha value is -1.85. The maximum Gasteiger partial charge on any atom is 0.329 e. The molecule has 2 N–H and O–H groups in total. The molecule has 0 spiro atoms. The van der Waals surface area contributed by atoms with Crippen LogP contribution in [0.2, 0.25) is 0 Å². The summed E-state index contributed by atoms with van der Waals surface area (Å²) in [4.78, 5) is 28.4. The first-order chi connectivity index (χ1) is 10.5. The minimum Gasteiger partial charge on any atom is -0.480 e. The lowest BCUT2D eigenvalue weighted by Crippen LogP contribution is -2.58. The molecule has 0 aromatic carbocycles. The first-order valence-electron chi connectivity index (χ1n) is 8.04. The third kappa shape index (κ3) is 2.74. The highest BCUT2D eigenvalue weighted by Crippen LogP contribution is 2.33. The van der Waals surface area contributed by atoms with Crippen molar-refractivity contribution in [2.75, 3.05) is 0 Å². The van der Waals surface area contributed by atoms with Crippen molar-refractivity contribution in [3.63, 3.8) is 0 Å². The summed E-state index contributed by atoms with van der Waals surface area (Å²) < 4.78 is 1.99. The van der Waals surface area contributed by atoms with E-state index in [1.807, 2.05) is 10.8 Å². The van der Waals surface area contributed by atoms with Gasteiger partial charge in [0.15, 0.2) is 0 Å². The van der Waals surface area contributed by atoms with Crippen LogP contribution in [-0.4, -0.2) is 32.1 Å². The van der Waals surface area contributed by atoms with Gasteiger partial charge in [-0.2, -0.15) is 0 Å². The van der Waals surface area contributed by atoms with Gasteiger partial charge in [0.05, 0.1) is 12.2 Å². The van der Waals surface area contributed by atoms with Crippen LogP contribution in [0.5, 0.6) is 0 Å². The number of hydrogen-bond donors (Lipinski definition) is 2. The van der Waals surface area contributed by atoms with E-state index in [1.54, 1.807) is 6.33 Å². The lowest BCUT2D eigenvalue weighted by atomic mass is 9.76. The van der Waals surface area contributed by atoms with Gasteiger partial charge in [-0.25, -0.2) is 9.78 Å². The molecule has 120 valence electrons. The average Bonchev–Trinajstić information content (AvgIpc) is 2.97. The SMILES string of the molecule is CC1CCC(NC(=O)C2CCc3cncn3C2)(C(=O)O)CC1. The van der Waals surface area contributed by atoms with Crippen LogP contribution in [0.15, 0.2) is 12.5 Å². The molecule has 0 bridgehead atoms. The molecule has 2 aliphatic rings. The van der Waals surface area contributed by atoms with Gasteiger partial charge in [-0.15, -0.1) is 0 Å². The van der Waals surface area contributed by atoms with E-state index in [9.17, 15) is 14.7 Å². The van der Waals surface area contributed by atoms with Gasteiger partial charge in [0.25, 0.3) is 0 Å². The second-order valence-electron chi connectivity index (χ2n) is 6.83. The second kappa shape index (κ2) is 5.74. The number of carbonyl (C=O) groups is 2. The van der Waals surface area contributed by atoms with Crippen molar-refractivity contribution in [1.82, 2.24) is 14.9 Å². The molecular weight excluding hydrogens is 282 g/mol. The standard InChI is InChI=1S/C16H23N3O3/c1-11-4-6-16(7-5-11,15(21)22)18-14(20)12-2-3-13-8-17-10-19(13)9-12/h8,10-12H,2-7,9H2,1H3,(H,18,20)(H,21,22). The molecule has 0 saturated heterocycles. The number of aryl methyl sites for hydroxylation is 1. The summed E-state index contributed by atoms with van der Waals surface area (Å²) in [5.41, 5.74) is 0.0715. The quantitative estimate of drug-likeness (QED) is 0.888. The summed E-state index contributed by atoms with van der Waals surface area (Å²) in [6.45, 7) is 2.72. The third-order valence-electron chi connectivity index (χ3n) is 5.24. The van der Waals surface area contributed by atoms with Crippen molar-refractivity contribution in [2.45, 2.75) is 57.5 Å². The minimum absolute atomic E-state index is 0.128. The van der Waals surface area contributed by atoms with Gasteiger partial charge in [0, 0.05) is 18.4 Å². The van der Waals surface area contributed by atoms with Gasteiger partial charge < -0.3 is 15.0 Å². The zero-order chi connectivity index (χ0) is 15.7. The van der Waals surface area contributed by atoms with E-state index in [4.69, 9.17) is 0 Å². The third-order valence-corrected chi connectivity index (χ3v) is 5.24. The number of aliphatic carboxylic acids is 1. The van der Waals surface area contributed by atoms with Crippen molar-refractivity contribution in [3.8, 4) is 0 Å². The molecule has 2 heterocycles. The number of imidazole rings is 1. The maximum atomic E-state index is 12.6. The van der Waals surface area contributed by atoms with Gasteiger partial charge in [-0.1, -0.05) is 6.92 Å². The van der Waals surface area contributed by atoms with Crippen LogP contribution in [-0.2, 0) is 22.6 Å². The zero-order valence-electron chi connectivity index (χ0n) is 12.9. The van der Waals surface area contributed by atoms with E-state index in [-0.39, 0.29) is 11.8 Å². The van der Waals surface area contributed by atoms with Crippen molar-refractivity contribution in [2.24, 2.45) is 11.8 Å². The van der Waals surface area contributed by atoms with Crippen molar-refractivity contribution in [3.05, 3.63) is 18.2 Å². The molecule has 1 atom stereocenters. The second-order valence-corrected chi connectivity index (χ2v) is 6.83. The van der Waals surface area contributed by atoms with Crippen LogP contribution in [0, 0.1) is 11.8 Å². The molecule has 1 saturated carbocycles.